The molecular weight excluding hydrogens is 162 g/mol. The van der Waals surface area contributed by atoms with Crippen molar-refractivity contribution >= 4 is 5.57 Å². The third kappa shape index (κ3) is 2.39. The first kappa shape index (κ1) is 9.93. The van der Waals surface area contributed by atoms with Crippen molar-refractivity contribution in [1.82, 2.24) is 4.98 Å². The minimum absolute atomic E-state index is 0.678. The van der Waals surface area contributed by atoms with E-state index >= 15 is 0 Å². The van der Waals surface area contributed by atoms with Crippen molar-refractivity contribution < 1.29 is 5.11 Å². The molecule has 13 heavy (non-hydrogen) atoms. The second-order valence-electron chi connectivity index (χ2n) is 3.77. The molecule has 1 aromatic rings. The summed E-state index contributed by atoms with van der Waals surface area (Å²) >= 11 is 0. The maximum atomic E-state index is 9.63. The summed E-state index contributed by atoms with van der Waals surface area (Å²) in [5.74, 6) is 0. The number of rotatable bonds is 2. The van der Waals surface area contributed by atoms with E-state index in [0.29, 0.717) is 5.69 Å². The van der Waals surface area contributed by atoms with Gasteiger partial charge >= 0.3 is 0 Å². The molecule has 1 aromatic heterocycles. The van der Waals surface area contributed by atoms with Crippen LogP contribution < -0.4 is 0 Å². The fourth-order valence-corrected chi connectivity index (χ4v) is 1.01. The Labute approximate surface area is 78.9 Å². The molecule has 0 atom stereocenters. The summed E-state index contributed by atoms with van der Waals surface area (Å²) in [5.41, 5.74) is 1.80. The average Bonchev–Trinajstić information content (AvgIpc) is 2.03. The van der Waals surface area contributed by atoms with Gasteiger partial charge in [0.25, 0.3) is 0 Å². The Morgan fingerprint density at radius 3 is 2.38 bits per heavy atom. The molecule has 0 aliphatic heterocycles. The van der Waals surface area contributed by atoms with Crippen LogP contribution in [0.5, 0.6) is 0 Å². The van der Waals surface area contributed by atoms with Crippen molar-refractivity contribution in [3.05, 3.63) is 36.2 Å². The van der Waals surface area contributed by atoms with Crippen molar-refractivity contribution in [1.29, 1.82) is 0 Å². The van der Waals surface area contributed by atoms with E-state index in [1.54, 1.807) is 20.0 Å². The van der Waals surface area contributed by atoms with Crippen molar-refractivity contribution in [2.24, 2.45) is 0 Å². The molecule has 0 spiro atoms. The quantitative estimate of drug-likeness (QED) is 0.752. The Bertz CT molecular complexity index is 306. The van der Waals surface area contributed by atoms with E-state index < -0.39 is 5.60 Å². The zero-order chi connectivity index (χ0) is 10.1. The van der Waals surface area contributed by atoms with Gasteiger partial charge in [-0.1, -0.05) is 12.6 Å². The lowest BCUT2D eigenvalue weighted by Gasteiger charge is -2.16. The molecule has 0 fully saturated rings. The second-order valence-corrected chi connectivity index (χ2v) is 3.77. The summed E-state index contributed by atoms with van der Waals surface area (Å²) in [6.07, 6.45) is 1.73. The Morgan fingerprint density at radius 2 is 2.08 bits per heavy atom. The highest BCUT2D eigenvalue weighted by Crippen LogP contribution is 2.18. The van der Waals surface area contributed by atoms with Gasteiger partial charge in [-0.15, -0.1) is 0 Å². The minimum Gasteiger partial charge on any atom is -0.384 e. The zero-order valence-electron chi connectivity index (χ0n) is 8.33. The molecule has 0 radical (unpaired) electrons. The normalized spacial score (nSPS) is 11.4. The minimum atomic E-state index is -0.867. The van der Waals surface area contributed by atoms with Crippen LogP contribution in [0.15, 0.2) is 24.9 Å². The predicted molar refractivity (Wildman–Crippen MR) is 54.2 cm³/mol. The van der Waals surface area contributed by atoms with Crippen molar-refractivity contribution in [2.45, 2.75) is 26.4 Å². The Hall–Kier alpha value is -1.15. The molecule has 70 valence electrons. The highest BCUT2D eigenvalue weighted by atomic mass is 16.3. The van der Waals surface area contributed by atoms with Crippen LogP contribution in [0.2, 0.25) is 0 Å². The summed E-state index contributed by atoms with van der Waals surface area (Å²) in [5, 5.41) is 9.63. The van der Waals surface area contributed by atoms with Gasteiger partial charge in [0.05, 0.1) is 5.69 Å². The monoisotopic (exact) mass is 177 g/mol. The van der Waals surface area contributed by atoms with Gasteiger partial charge < -0.3 is 5.11 Å². The van der Waals surface area contributed by atoms with Gasteiger partial charge in [0, 0.05) is 6.20 Å². The zero-order valence-corrected chi connectivity index (χ0v) is 8.33. The molecule has 0 aliphatic carbocycles. The molecule has 0 bridgehead atoms. The maximum absolute atomic E-state index is 9.63. The van der Waals surface area contributed by atoms with Crippen LogP contribution in [0.25, 0.3) is 5.57 Å². The number of pyridine rings is 1. The van der Waals surface area contributed by atoms with Crippen molar-refractivity contribution in [2.75, 3.05) is 0 Å². The SMILES string of the molecule is C=C(C)c1ccc(C(C)(C)O)nc1. The third-order valence-corrected chi connectivity index (χ3v) is 1.88. The fourth-order valence-electron chi connectivity index (χ4n) is 1.01. The molecule has 0 saturated carbocycles. The van der Waals surface area contributed by atoms with E-state index in [9.17, 15) is 5.11 Å². The molecule has 0 aliphatic rings. The molecule has 0 saturated heterocycles. The molecule has 1 rings (SSSR count). The highest BCUT2D eigenvalue weighted by Gasteiger charge is 2.16. The lowest BCUT2D eigenvalue weighted by atomic mass is 10.0. The molecular formula is C11H15NO. The first-order chi connectivity index (χ1) is 5.91. The Balaban J connectivity index is 3.01. The van der Waals surface area contributed by atoms with Crippen LogP contribution >= 0.6 is 0 Å². The lowest BCUT2D eigenvalue weighted by molar-refractivity contribution is 0.0738. The van der Waals surface area contributed by atoms with Crippen molar-refractivity contribution in [3.63, 3.8) is 0 Å². The Morgan fingerprint density at radius 1 is 1.46 bits per heavy atom. The van der Waals surface area contributed by atoms with Crippen LogP contribution in [0.3, 0.4) is 0 Å². The number of allylic oxidation sites excluding steroid dienone is 1. The number of aliphatic hydroxyl groups is 1. The first-order valence-electron chi connectivity index (χ1n) is 4.26. The van der Waals surface area contributed by atoms with Gasteiger partial charge in [0.15, 0.2) is 0 Å². The third-order valence-electron chi connectivity index (χ3n) is 1.88. The van der Waals surface area contributed by atoms with Crippen molar-refractivity contribution in [3.8, 4) is 0 Å². The fraction of sp³-hybridized carbons (Fsp3) is 0.364. The summed E-state index contributed by atoms with van der Waals surface area (Å²) < 4.78 is 0. The van der Waals surface area contributed by atoms with Gasteiger partial charge in [-0.2, -0.15) is 0 Å². The van der Waals surface area contributed by atoms with Gasteiger partial charge in [0.1, 0.15) is 5.60 Å². The maximum Gasteiger partial charge on any atom is 0.101 e. The number of hydrogen-bond donors (Lipinski definition) is 1. The molecule has 1 N–H and O–H groups in total. The number of nitrogens with zero attached hydrogens (tertiary/aromatic N) is 1. The van der Waals surface area contributed by atoms with E-state index in [1.165, 1.54) is 0 Å². The van der Waals surface area contributed by atoms with Crippen LogP contribution in [-0.4, -0.2) is 10.1 Å². The van der Waals surface area contributed by atoms with Gasteiger partial charge in [-0.25, -0.2) is 0 Å². The van der Waals surface area contributed by atoms with E-state index in [2.05, 4.69) is 11.6 Å². The molecule has 2 heteroatoms. The topological polar surface area (TPSA) is 33.1 Å². The van der Waals surface area contributed by atoms with Crippen LogP contribution in [0.4, 0.5) is 0 Å². The molecule has 0 amide bonds. The molecule has 0 unspecified atom stereocenters. The van der Waals surface area contributed by atoms with E-state index in [4.69, 9.17) is 0 Å². The first-order valence-corrected chi connectivity index (χ1v) is 4.26. The van der Waals surface area contributed by atoms with Crippen LogP contribution in [0, 0.1) is 0 Å². The van der Waals surface area contributed by atoms with Crippen LogP contribution in [0.1, 0.15) is 32.0 Å². The Kier molecular flexibility index (Phi) is 2.52. The molecule has 0 aromatic carbocycles. The summed E-state index contributed by atoms with van der Waals surface area (Å²) in [6.45, 7) is 9.18. The van der Waals surface area contributed by atoms with Gasteiger partial charge in [0.2, 0.25) is 0 Å². The largest absolute Gasteiger partial charge is 0.384 e. The molecule has 2 nitrogen and oxygen atoms in total. The average molecular weight is 177 g/mol. The number of hydrogen-bond acceptors (Lipinski definition) is 2. The smallest absolute Gasteiger partial charge is 0.101 e. The molecule has 1 heterocycles. The van der Waals surface area contributed by atoms with Gasteiger partial charge in [-0.05, 0) is 38.0 Å². The van der Waals surface area contributed by atoms with Crippen LogP contribution in [-0.2, 0) is 5.60 Å². The summed E-state index contributed by atoms with van der Waals surface area (Å²) in [4.78, 5) is 4.16. The lowest BCUT2D eigenvalue weighted by Crippen LogP contribution is -2.17. The second kappa shape index (κ2) is 3.30. The van der Waals surface area contributed by atoms with Gasteiger partial charge in [-0.3, -0.25) is 4.98 Å². The summed E-state index contributed by atoms with van der Waals surface area (Å²) in [7, 11) is 0. The summed E-state index contributed by atoms with van der Waals surface area (Å²) in [6, 6.07) is 3.74. The highest BCUT2D eigenvalue weighted by molar-refractivity contribution is 5.60. The van der Waals surface area contributed by atoms with E-state index in [1.807, 2.05) is 19.1 Å². The van der Waals surface area contributed by atoms with E-state index in [0.717, 1.165) is 11.1 Å². The number of aromatic nitrogens is 1. The predicted octanol–water partition coefficient (Wildman–Crippen LogP) is 2.34. The van der Waals surface area contributed by atoms with E-state index in [-0.39, 0.29) is 0 Å². The standard InChI is InChI=1S/C11H15NO/c1-8(2)9-5-6-10(12-7-9)11(3,4)13/h5-7,13H,1H2,2-4H3.